The van der Waals surface area contributed by atoms with Gasteiger partial charge >= 0.3 is 0 Å². The number of nitrogens with zero attached hydrogens (tertiary/aromatic N) is 1. The van der Waals surface area contributed by atoms with Gasteiger partial charge < -0.3 is 19.5 Å². The molecule has 0 atom stereocenters. The summed E-state index contributed by atoms with van der Waals surface area (Å²) in [4.78, 5) is 12.5. The number of anilines is 1. The first-order valence-corrected chi connectivity index (χ1v) is 8.79. The zero-order valence-electron chi connectivity index (χ0n) is 14.5. The molecular formula is C19H19BrN2O4. The van der Waals surface area contributed by atoms with Gasteiger partial charge in [-0.05, 0) is 58.7 Å². The van der Waals surface area contributed by atoms with Crippen LogP contribution >= 0.6 is 15.9 Å². The van der Waals surface area contributed by atoms with E-state index < -0.39 is 0 Å². The minimum Gasteiger partial charge on any atom is -0.493 e. The topological polar surface area (TPSA) is 80.6 Å². The molecule has 136 valence electrons. The van der Waals surface area contributed by atoms with Gasteiger partial charge in [0.15, 0.2) is 18.1 Å². The molecule has 1 amide bonds. The van der Waals surface area contributed by atoms with Crippen molar-refractivity contribution in [2.75, 3.05) is 25.6 Å². The number of amides is 1. The van der Waals surface area contributed by atoms with Gasteiger partial charge in [0.05, 0.1) is 18.2 Å². The van der Waals surface area contributed by atoms with E-state index in [2.05, 4.69) is 21.2 Å². The number of methoxy groups -OCH3 is 1. The molecule has 1 N–H and O–H groups in total. The second-order valence-electron chi connectivity index (χ2n) is 5.26. The van der Waals surface area contributed by atoms with E-state index in [1.165, 1.54) is 7.11 Å². The average molecular weight is 419 g/mol. The molecule has 7 heteroatoms. The predicted molar refractivity (Wildman–Crippen MR) is 102 cm³/mol. The maximum atomic E-state index is 12.5. The Hall–Kier alpha value is -2.72. The van der Waals surface area contributed by atoms with Crippen molar-refractivity contribution in [1.82, 2.24) is 0 Å². The Morgan fingerprint density at radius 1 is 1.23 bits per heavy atom. The molecule has 0 radical (unpaired) electrons. The monoisotopic (exact) mass is 418 g/mol. The lowest BCUT2D eigenvalue weighted by Gasteiger charge is -2.14. The number of hydrogen-bond acceptors (Lipinski definition) is 5. The number of rotatable bonds is 8. The minimum atomic E-state index is -0.281. The van der Waals surface area contributed by atoms with Crippen molar-refractivity contribution in [1.29, 1.82) is 5.26 Å². The second kappa shape index (κ2) is 9.68. The second-order valence-corrected chi connectivity index (χ2v) is 6.12. The molecule has 2 aromatic carbocycles. The molecule has 0 aliphatic rings. The van der Waals surface area contributed by atoms with E-state index in [1.54, 1.807) is 36.4 Å². The Morgan fingerprint density at radius 3 is 2.58 bits per heavy atom. The van der Waals surface area contributed by atoms with Gasteiger partial charge in [0.25, 0.3) is 5.91 Å². The molecule has 6 nitrogen and oxygen atoms in total. The summed E-state index contributed by atoms with van der Waals surface area (Å²) in [5.41, 5.74) is 1.04. The number of carbonyl (C=O) groups excluding carboxylic acids is 1. The lowest BCUT2D eigenvalue weighted by atomic mass is 10.1. The largest absolute Gasteiger partial charge is 0.493 e. The first-order chi connectivity index (χ1) is 12.6. The fourth-order valence-corrected chi connectivity index (χ4v) is 2.70. The van der Waals surface area contributed by atoms with Gasteiger partial charge in [-0.3, -0.25) is 4.79 Å². The van der Waals surface area contributed by atoms with Crippen molar-refractivity contribution >= 4 is 27.5 Å². The first-order valence-electron chi connectivity index (χ1n) is 8.00. The van der Waals surface area contributed by atoms with Gasteiger partial charge in [0.2, 0.25) is 0 Å². The van der Waals surface area contributed by atoms with Crippen LogP contribution in [0.15, 0.2) is 40.9 Å². The number of nitriles is 1. The van der Waals surface area contributed by atoms with Crippen LogP contribution in [0.5, 0.6) is 17.2 Å². The molecule has 0 aliphatic heterocycles. The van der Waals surface area contributed by atoms with E-state index in [0.717, 1.165) is 6.42 Å². The maximum Gasteiger partial charge on any atom is 0.255 e. The molecule has 26 heavy (non-hydrogen) atoms. The molecule has 0 heterocycles. The zero-order valence-corrected chi connectivity index (χ0v) is 16.1. The first kappa shape index (κ1) is 19.6. The van der Waals surface area contributed by atoms with Crippen molar-refractivity contribution in [3.63, 3.8) is 0 Å². The summed E-state index contributed by atoms with van der Waals surface area (Å²) in [5, 5.41) is 11.3. The highest BCUT2D eigenvalue weighted by molar-refractivity contribution is 9.10. The van der Waals surface area contributed by atoms with E-state index in [-0.39, 0.29) is 12.5 Å². The van der Waals surface area contributed by atoms with E-state index in [9.17, 15) is 4.79 Å². The molecule has 0 aromatic heterocycles. The van der Waals surface area contributed by atoms with E-state index in [4.69, 9.17) is 19.5 Å². The van der Waals surface area contributed by atoms with Crippen LogP contribution < -0.4 is 19.5 Å². The molecule has 0 spiro atoms. The quantitative estimate of drug-likeness (QED) is 0.686. The van der Waals surface area contributed by atoms with Crippen molar-refractivity contribution in [3.05, 3.63) is 46.4 Å². The third-order valence-electron chi connectivity index (χ3n) is 3.36. The lowest BCUT2D eigenvalue weighted by molar-refractivity contribution is 0.102. The third-order valence-corrected chi connectivity index (χ3v) is 3.95. The number of carbonyl (C=O) groups is 1. The molecule has 0 fully saturated rings. The number of ether oxygens (including phenoxy) is 3. The van der Waals surface area contributed by atoms with Crippen LogP contribution in [0.2, 0.25) is 0 Å². The third kappa shape index (κ3) is 5.14. The molecule has 0 saturated heterocycles. The van der Waals surface area contributed by atoms with Gasteiger partial charge in [-0.1, -0.05) is 6.92 Å². The fourth-order valence-electron chi connectivity index (χ4n) is 2.15. The Kier molecular flexibility index (Phi) is 7.30. The highest BCUT2D eigenvalue weighted by Gasteiger charge is 2.16. The lowest BCUT2D eigenvalue weighted by Crippen LogP contribution is -2.12. The maximum absolute atomic E-state index is 12.5. The Balaban J connectivity index is 2.14. The standard InChI is InChI=1S/C19H19BrN2O4/c1-3-9-26-18-16(20)11-13(12-17(18)24-2)19(23)22-14-4-6-15(7-5-14)25-10-8-21/h4-7,11-12H,3,9-10H2,1-2H3,(H,22,23). The minimum absolute atomic E-state index is 0.0218. The normalized spacial score (nSPS) is 9.92. The van der Waals surface area contributed by atoms with Crippen molar-refractivity contribution < 1.29 is 19.0 Å². The van der Waals surface area contributed by atoms with Crippen LogP contribution in [-0.2, 0) is 0 Å². The number of benzene rings is 2. The van der Waals surface area contributed by atoms with E-state index in [1.807, 2.05) is 13.0 Å². The van der Waals surface area contributed by atoms with Crippen molar-refractivity contribution in [2.24, 2.45) is 0 Å². The van der Waals surface area contributed by atoms with Crippen LogP contribution in [0.25, 0.3) is 0 Å². The van der Waals surface area contributed by atoms with Gasteiger partial charge in [0, 0.05) is 11.3 Å². The highest BCUT2D eigenvalue weighted by atomic mass is 79.9. The fraction of sp³-hybridized carbons (Fsp3) is 0.263. The van der Waals surface area contributed by atoms with Crippen LogP contribution in [0, 0.1) is 11.3 Å². The van der Waals surface area contributed by atoms with Crippen molar-refractivity contribution in [3.8, 4) is 23.3 Å². The molecule has 0 saturated carbocycles. The summed E-state index contributed by atoms with van der Waals surface area (Å²) in [7, 11) is 1.53. The number of hydrogen-bond donors (Lipinski definition) is 1. The Labute approximate surface area is 160 Å². The van der Waals surface area contributed by atoms with Crippen LogP contribution in [0.4, 0.5) is 5.69 Å². The van der Waals surface area contributed by atoms with Gasteiger partial charge in [-0.2, -0.15) is 5.26 Å². The molecule has 2 aromatic rings. The summed E-state index contributed by atoms with van der Waals surface area (Å²) < 4.78 is 16.8. The van der Waals surface area contributed by atoms with Gasteiger partial charge in [0.1, 0.15) is 11.8 Å². The van der Waals surface area contributed by atoms with Crippen LogP contribution in [0.3, 0.4) is 0 Å². The van der Waals surface area contributed by atoms with Crippen LogP contribution in [-0.4, -0.2) is 26.2 Å². The molecule has 0 aliphatic carbocycles. The smallest absolute Gasteiger partial charge is 0.255 e. The summed E-state index contributed by atoms with van der Waals surface area (Å²) >= 11 is 3.43. The van der Waals surface area contributed by atoms with Gasteiger partial charge in [-0.25, -0.2) is 0 Å². The zero-order chi connectivity index (χ0) is 18.9. The van der Waals surface area contributed by atoms with E-state index >= 15 is 0 Å². The van der Waals surface area contributed by atoms with Gasteiger partial charge in [-0.15, -0.1) is 0 Å². The average Bonchev–Trinajstić information content (AvgIpc) is 2.65. The summed E-state index contributed by atoms with van der Waals surface area (Å²) in [6.07, 6.45) is 0.867. The molecule has 0 bridgehead atoms. The van der Waals surface area contributed by atoms with E-state index in [0.29, 0.717) is 39.6 Å². The number of nitrogens with one attached hydrogen (secondary N) is 1. The summed E-state index contributed by atoms with van der Waals surface area (Å²) in [6, 6.07) is 12.0. The summed E-state index contributed by atoms with van der Waals surface area (Å²) in [5.74, 6) is 1.34. The highest BCUT2D eigenvalue weighted by Crippen LogP contribution is 2.37. The Bertz CT molecular complexity index is 800. The van der Waals surface area contributed by atoms with Crippen molar-refractivity contribution in [2.45, 2.75) is 13.3 Å². The Morgan fingerprint density at radius 2 is 1.96 bits per heavy atom. The molecule has 2 rings (SSSR count). The number of halogens is 1. The SMILES string of the molecule is CCCOc1c(Br)cc(C(=O)Nc2ccc(OCC#N)cc2)cc1OC. The summed E-state index contributed by atoms with van der Waals surface area (Å²) in [6.45, 7) is 2.55. The molecular weight excluding hydrogens is 400 g/mol. The predicted octanol–water partition coefficient (Wildman–Crippen LogP) is 4.40. The molecule has 0 unspecified atom stereocenters. The van der Waals surface area contributed by atoms with Crippen LogP contribution in [0.1, 0.15) is 23.7 Å².